The van der Waals surface area contributed by atoms with Gasteiger partial charge in [0.05, 0.1) is 10.6 Å². The Morgan fingerprint density at radius 3 is 2.35 bits per heavy atom. The number of hydrogen-bond acceptors (Lipinski definition) is 5. The summed E-state index contributed by atoms with van der Waals surface area (Å²) in [5, 5.41) is 7.03. The minimum Gasteiger partial charge on any atom is -0.282 e. The third-order valence-corrected chi connectivity index (χ3v) is 2.45. The van der Waals surface area contributed by atoms with E-state index in [0.717, 1.165) is 0 Å². The Hall–Kier alpha value is -2.00. The molecule has 0 radical (unpaired) electrons. The second kappa shape index (κ2) is 5.37. The van der Waals surface area contributed by atoms with Crippen LogP contribution in [0.3, 0.4) is 0 Å². The van der Waals surface area contributed by atoms with Crippen LogP contribution < -0.4 is 11.0 Å². The van der Waals surface area contributed by atoms with Crippen LogP contribution in [0.2, 0.25) is 0 Å². The highest BCUT2D eigenvalue weighted by atomic mass is 32.2. The number of nitrogens with zero attached hydrogens (tertiary/aromatic N) is 2. The minimum atomic E-state index is -4.20. The van der Waals surface area contributed by atoms with Crippen molar-refractivity contribution in [1.82, 2.24) is 11.0 Å². The van der Waals surface area contributed by atoms with Crippen LogP contribution in [0.1, 0.15) is 6.92 Å². The summed E-state index contributed by atoms with van der Waals surface area (Å²) in [5.74, 6) is -0.328. The summed E-state index contributed by atoms with van der Waals surface area (Å²) in [6, 6.07) is 5.06. The Morgan fingerprint density at radius 1 is 1.29 bits per heavy atom. The molecule has 0 saturated carbocycles. The van der Waals surface area contributed by atoms with Gasteiger partial charge in [0.2, 0.25) is 5.91 Å². The molecule has 1 aromatic rings. The van der Waals surface area contributed by atoms with Crippen LogP contribution in [-0.2, 0) is 14.9 Å². The van der Waals surface area contributed by atoms with Gasteiger partial charge < -0.3 is 0 Å². The Labute approximate surface area is 97.4 Å². The number of nitrogens with one attached hydrogen (secondary N) is 2. The third kappa shape index (κ3) is 4.57. The lowest BCUT2D eigenvalue weighted by Gasteiger charge is -1.98. The maximum atomic E-state index is 10.7. The molecule has 92 valence electrons. The van der Waals surface area contributed by atoms with E-state index in [1.54, 1.807) is 0 Å². The Bertz CT molecular complexity index is 523. The molecule has 0 aliphatic rings. The van der Waals surface area contributed by atoms with Gasteiger partial charge in [0, 0.05) is 6.92 Å². The summed E-state index contributed by atoms with van der Waals surface area (Å²) in [7, 11) is -4.20. The van der Waals surface area contributed by atoms with Crippen molar-refractivity contribution in [2.45, 2.75) is 11.8 Å². The molecule has 0 spiro atoms. The van der Waals surface area contributed by atoms with E-state index < -0.39 is 10.1 Å². The highest BCUT2D eigenvalue weighted by molar-refractivity contribution is 7.85. The lowest BCUT2D eigenvalue weighted by Crippen LogP contribution is -2.30. The van der Waals surface area contributed by atoms with E-state index in [2.05, 4.69) is 21.3 Å². The fourth-order valence-electron chi connectivity index (χ4n) is 0.871. The summed E-state index contributed by atoms with van der Waals surface area (Å²) in [4.78, 5) is 10.2. The number of carbonyl (C=O) groups is 1. The molecular formula is C8H10N4O4S. The molecule has 3 N–H and O–H groups in total. The average molecular weight is 258 g/mol. The number of rotatable bonds is 4. The molecule has 9 heteroatoms. The van der Waals surface area contributed by atoms with Crippen molar-refractivity contribution in [2.24, 2.45) is 10.3 Å². The molecule has 1 rings (SSSR count). The SMILES string of the molecule is CC(=O)NNN=Nc1ccc(S(=O)(=O)O)cc1. The van der Waals surface area contributed by atoms with Crippen LogP contribution >= 0.6 is 0 Å². The van der Waals surface area contributed by atoms with Gasteiger partial charge in [-0.25, -0.2) is 0 Å². The van der Waals surface area contributed by atoms with Crippen molar-refractivity contribution >= 4 is 21.7 Å². The smallest absolute Gasteiger partial charge is 0.282 e. The van der Waals surface area contributed by atoms with Gasteiger partial charge in [-0.15, -0.1) is 5.11 Å². The fourth-order valence-corrected chi connectivity index (χ4v) is 1.35. The summed E-state index contributed by atoms with van der Waals surface area (Å²) < 4.78 is 30.2. The highest BCUT2D eigenvalue weighted by Crippen LogP contribution is 2.15. The number of benzene rings is 1. The monoisotopic (exact) mass is 258 g/mol. The first kappa shape index (κ1) is 13.1. The summed E-state index contributed by atoms with van der Waals surface area (Å²) >= 11 is 0. The van der Waals surface area contributed by atoms with Crippen LogP contribution in [0.25, 0.3) is 0 Å². The molecule has 8 nitrogen and oxygen atoms in total. The van der Waals surface area contributed by atoms with Gasteiger partial charge in [-0.3, -0.25) is 14.8 Å². The standard InChI is InChI=1S/C8H10N4O4S/c1-6(13)9-11-12-10-7-2-4-8(5-3-7)17(14,15)16/h2-5H,1H3,(H,10,11)(H,9,12,13)(H,14,15,16). The van der Waals surface area contributed by atoms with E-state index in [1.807, 2.05) is 0 Å². The van der Waals surface area contributed by atoms with Crippen LogP contribution in [-0.4, -0.2) is 18.9 Å². The van der Waals surface area contributed by atoms with Gasteiger partial charge in [-0.2, -0.15) is 14.0 Å². The number of hydrogen-bond donors (Lipinski definition) is 3. The van der Waals surface area contributed by atoms with Gasteiger partial charge in [-0.05, 0) is 24.3 Å². The average Bonchev–Trinajstić information content (AvgIpc) is 2.23. The molecule has 0 aromatic heterocycles. The number of hydrazine groups is 1. The van der Waals surface area contributed by atoms with E-state index in [0.29, 0.717) is 5.69 Å². The van der Waals surface area contributed by atoms with Crippen LogP contribution in [0, 0.1) is 0 Å². The largest absolute Gasteiger partial charge is 0.294 e. The first-order valence-electron chi connectivity index (χ1n) is 4.39. The maximum Gasteiger partial charge on any atom is 0.294 e. The van der Waals surface area contributed by atoms with Gasteiger partial charge in [0.25, 0.3) is 10.1 Å². The van der Waals surface area contributed by atoms with Crippen LogP contribution in [0.4, 0.5) is 5.69 Å². The summed E-state index contributed by atoms with van der Waals surface area (Å²) in [5.41, 5.74) is 4.69. The molecule has 17 heavy (non-hydrogen) atoms. The van der Waals surface area contributed by atoms with E-state index in [9.17, 15) is 13.2 Å². The second-order valence-corrected chi connectivity index (χ2v) is 4.38. The van der Waals surface area contributed by atoms with Crippen molar-refractivity contribution in [3.63, 3.8) is 0 Å². The second-order valence-electron chi connectivity index (χ2n) is 2.96. The van der Waals surface area contributed by atoms with Gasteiger partial charge in [0.15, 0.2) is 0 Å². The summed E-state index contributed by atoms with van der Waals surface area (Å²) in [6.45, 7) is 1.30. The van der Waals surface area contributed by atoms with Gasteiger partial charge >= 0.3 is 0 Å². The van der Waals surface area contributed by atoms with E-state index >= 15 is 0 Å². The lowest BCUT2D eigenvalue weighted by atomic mass is 10.3. The lowest BCUT2D eigenvalue weighted by molar-refractivity contribution is -0.119. The van der Waals surface area contributed by atoms with E-state index in [1.165, 1.54) is 31.2 Å². The zero-order valence-corrected chi connectivity index (χ0v) is 9.60. The third-order valence-electron chi connectivity index (χ3n) is 1.58. The topological polar surface area (TPSA) is 120 Å². The molecule has 0 saturated heterocycles. The van der Waals surface area contributed by atoms with Gasteiger partial charge in [-0.1, -0.05) is 5.22 Å². The molecule has 0 fully saturated rings. The molecule has 0 bridgehead atoms. The number of amides is 1. The van der Waals surface area contributed by atoms with E-state index in [4.69, 9.17) is 4.55 Å². The zero-order chi connectivity index (χ0) is 12.9. The van der Waals surface area contributed by atoms with Crippen molar-refractivity contribution in [2.75, 3.05) is 0 Å². The molecule has 0 aliphatic carbocycles. The predicted molar refractivity (Wildman–Crippen MR) is 57.7 cm³/mol. The van der Waals surface area contributed by atoms with Crippen molar-refractivity contribution in [3.8, 4) is 0 Å². The van der Waals surface area contributed by atoms with Crippen molar-refractivity contribution in [3.05, 3.63) is 24.3 Å². The quantitative estimate of drug-likeness (QED) is 0.414. The Kier molecular flexibility index (Phi) is 4.12. The summed E-state index contributed by atoms with van der Waals surface area (Å²) in [6.07, 6.45) is 0. The molecule has 0 unspecified atom stereocenters. The molecule has 1 amide bonds. The molecule has 1 aromatic carbocycles. The van der Waals surface area contributed by atoms with E-state index in [-0.39, 0.29) is 10.8 Å². The Morgan fingerprint density at radius 2 is 1.88 bits per heavy atom. The van der Waals surface area contributed by atoms with Crippen molar-refractivity contribution in [1.29, 1.82) is 0 Å². The molecule has 0 heterocycles. The molecule has 0 atom stereocenters. The first-order chi connectivity index (χ1) is 7.89. The predicted octanol–water partition coefficient (Wildman–Crippen LogP) is 0.573. The van der Waals surface area contributed by atoms with Crippen LogP contribution in [0.5, 0.6) is 0 Å². The highest BCUT2D eigenvalue weighted by Gasteiger charge is 2.07. The first-order valence-corrected chi connectivity index (χ1v) is 5.83. The van der Waals surface area contributed by atoms with Gasteiger partial charge in [0.1, 0.15) is 0 Å². The zero-order valence-electron chi connectivity index (χ0n) is 8.78. The fraction of sp³-hybridized carbons (Fsp3) is 0.125. The normalized spacial score (nSPS) is 11.4. The number of carbonyl (C=O) groups excluding carboxylic acids is 1. The molecular weight excluding hydrogens is 248 g/mol. The maximum absolute atomic E-state index is 10.7. The Balaban J connectivity index is 2.66. The molecule has 0 aliphatic heterocycles. The van der Waals surface area contributed by atoms with Crippen LogP contribution in [0.15, 0.2) is 39.5 Å². The van der Waals surface area contributed by atoms with Crippen molar-refractivity contribution < 1.29 is 17.8 Å². The minimum absolute atomic E-state index is 0.230.